The van der Waals surface area contributed by atoms with Crippen molar-refractivity contribution < 1.29 is 9.59 Å². The van der Waals surface area contributed by atoms with E-state index in [0.29, 0.717) is 25.3 Å². The largest absolute Gasteiger partial charge is 0.368 e. The molecule has 2 aromatic heterocycles. The summed E-state index contributed by atoms with van der Waals surface area (Å²) in [4.78, 5) is 37.8. The van der Waals surface area contributed by atoms with Gasteiger partial charge in [-0.1, -0.05) is 12.1 Å². The molecule has 2 aromatic rings. The number of nitrogens with one attached hydrogen (secondary N) is 1. The molecule has 7 nitrogen and oxygen atoms in total. The molecule has 2 bridgehead atoms. The van der Waals surface area contributed by atoms with Gasteiger partial charge in [0.15, 0.2) is 0 Å². The number of nitrogens with zero attached hydrogens (tertiary/aromatic N) is 4. The molecule has 0 fully saturated rings. The van der Waals surface area contributed by atoms with Crippen LogP contribution in [0.3, 0.4) is 0 Å². The van der Waals surface area contributed by atoms with Gasteiger partial charge in [-0.25, -0.2) is 9.97 Å². The van der Waals surface area contributed by atoms with E-state index in [2.05, 4.69) is 15.3 Å². The number of pyridine rings is 2. The predicted octanol–water partition coefficient (Wildman–Crippen LogP) is 2.13. The lowest BCUT2D eigenvalue weighted by molar-refractivity contribution is -0.130. The Hall–Kier alpha value is -2.96. The monoisotopic (exact) mass is 381 g/mol. The molecule has 7 heteroatoms. The van der Waals surface area contributed by atoms with Crippen molar-refractivity contribution in [3.05, 3.63) is 53.5 Å². The lowest BCUT2D eigenvalue weighted by Crippen LogP contribution is -2.43. The van der Waals surface area contributed by atoms with E-state index in [9.17, 15) is 9.59 Å². The highest BCUT2D eigenvalue weighted by atomic mass is 16.2. The lowest BCUT2D eigenvalue weighted by Gasteiger charge is -2.26. The Labute approximate surface area is 165 Å². The first kappa shape index (κ1) is 19.8. The second kappa shape index (κ2) is 9.30. The fraction of sp³-hybridized carbons (Fsp3) is 0.429. The molecule has 1 aliphatic heterocycles. The van der Waals surface area contributed by atoms with Crippen molar-refractivity contribution in [3.8, 4) is 0 Å². The zero-order chi connectivity index (χ0) is 19.9. The second-order valence-electron chi connectivity index (χ2n) is 7.10. The Balaban J connectivity index is 1.76. The van der Waals surface area contributed by atoms with Crippen LogP contribution in [0.5, 0.6) is 0 Å². The van der Waals surface area contributed by atoms with E-state index in [1.807, 2.05) is 37.3 Å². The molecular weight excluding hydrogens is 354 g/mol. The highest BCUT2D eigenvalue weighted by Crippen LogP contribution is 2.11. The maximum Gasteiger partial charge on any atom is 0.272 e. The molecule has 3 heterocycles. The summed E-state index contributed by atoms with van der Waals surface area (Å²) in [5.74, 6) is 0.551. The van der Waals surface area contributed by atoms with Crippen molar-refractivity contribution in [2.24, 2.45) is 0 Å². The molecule has 28 heavy (non-hydrogen) atoms. The fourth-order valence-electron chi connectivity index (χ4n) is 3.16. The minimum absolute atomic E-state index is 0.0640. The van der Waals surface area contributed by atoms with Crippen LogP contribution in [0.15, 0.2) is 36.4 Å². The molecule has 148 valence electrons. The third-order valence-corrected chi connectivity index (χ3v) is 4.82. The van der Waals surface area contributed by atoms with E-state index in [4.69, 9.17) is 0 Å². The van der Waals surface area contributed by atoms with Crippen molar-refractivity contribution in [2.45, 2.75) is 26.2 Å². The van der Waals surface area contributed by atoms with Gasteiger partial charge >= 0.3 is 0 Å². The molecule has 1 N–H and O–H groups in total. The van der Waals surface area contributed by atoms with E-state index in [1.165, 1.54) is 0 Å². The second-order valence-corrected chi connectivity index (χ2v) is 7.10. The van der Waals surface area contributed by atoms with Crippen LogP contribution >= 0.6 is 0 Å². The summed E-state index contributed by atoms with van der Waals surface area (Å²) in [6, 6.07) is 11.3. The number of amides is 2. The number of likely N-dealkylation sites (N-methyl/N-ethyl adjacent to an activating group) is 1. The molecule has 2 amide bonds. The number of fused-ring (bicyclic) bond motifs is 2. The number of carbonyl (C=O) groups is 2. The van der Waals surface area contributed by atoms with Crippen molar-refractivity contribution in [1.82, 2.24) is 19.8 Å². The molecule has 0 aromatic carbocycles. The normalized spacial score (nSPS) is 16.3. The predicted molar refractivity (Wildman–Crippen MR) is 108 cm³/mol. The fourth-order valence-corrected chi connectivity index (χ4v) is 3.16. The summed E-state index contributed by atoms with van der Waals surface area (Å²) >= 11 is 0. The molecule has 0 saturated carbocycles. The standard InChI is InChI=1S/C21H27N5O2/c1-16-7-5-10-18(23-16)21(28)26-13-4-3-8-17-9-6-11-19(24-17)22-12-14-25(2)20(27)15-26/h5-7,9-11H,3-4,8,12-15H2,1-2H3,(H,22,24). The highest BCUT2D eigenvalue weighted by Gasteiger charge is 2.21. The van der Waals surface area contributed by atoms with Crippen LogP contribution in [-0.2, 0) is 11.2 Å². The maximum absolute atomic E-state index is 13.0. The van der Waals surface area contributed by atoms with E-state index < -0.39 is 0 Å². The Kier molecular flexibility index (Phi) is 6.57. The van der Waals surface area contributed by atoms with Gasteiger partial charge in [0.2, 0.25) is 5.91 Å². The molecule has 1 aliphatic rings. The number of hydrogen-bond acceptors (Lipinski definition) is 5. The first-order valence-corrected chi connectivity index (χ1v) is 9.69. The molecule has 0 unspecified atom stereocenters. The van der Waals surface area contributed by atoms with Crippen LogP contribution in [0.4, 0.5) is 5.82 Å². The van der Waals surface area contributed by atoms with Crippen LogP contribution in [0.1, 0.15) is 34.7 Å². The van der Waals surface area contributed by atoms with Crippen LogP contribution in [0, 0.1) is 6.92 Å². The number of hydrogen-bond donors (Lipinski definition) is 1. The van der Waals surface area contributed by atoms with E-state index in [-0.39, 0.29) is 18.4 Å². The quantitative estimate of drug-likeness (QED) is 0.819. The number of aromatic nitrogens is 2. The summed E-state index contributed by atoms with van der Waals surface area (Å²) in [7, 11) is 1.76. The van der Waals surface area contributed by atoms with E-state index in [0.717, 1.165) is 36.5 Å². The Morgan fingerprint density at radius 2 is 1.89 bits per heavy atom. The van der Waals surface area contributed by atoms with E-state index in [1.54, 1.807) is 22.9 Å². The average Bonchev–Trinajstić information content (AvgIpc) is 2.69. The van der Waals surface area contributed by atoms with Crippen LogP contribution in [-0.4, -0.2) is 64.8 Å². The van der Waals surface area contributed by atoms with Crippen molar-refractivity contribution in [3.63, 3.8) is 0 Å². The molecule has 0 radical (unpaired) electrons. The molecule has 0 atom stereocenters. The summed E-state index contributed by atoms with van der Waals surface area (Å²) in [5.41, 5.74) is 2.20. The molecule has 0 spiro atoms. The van der Waals surface area contributed by atoms with E-state index >= 15 is 0 Å². The zero-order valence-corrected chi connectivity index (χ0v) is 16.5. The van der Waals surface area contributed by atoms with Gasteiger partial charge in [0.05, 0.1) is 0 Å². The van der Waals surface area contributed by atoms with Gasteiger partial charge in [0.1, 0.15) is 18.1 Å². The topological polar surface area (TPSA) is 78.4 Å². The van der Waals surface area contributed by atoms with Crippen molar-refractivity contribution >= 4 is 17.6 Å². The summed E-state index contributed by atoms with van der Waals surface area (Å²) in [6.45, 7) is 3.58. The number of carbonyl (C=O) groups excluding carboxylic acids is 2. The third kappa shape index (κ3) is 5.28. The van der Waals surface area contributed by atoms with Gasteiger partial charge in [-0.15, -0.1) is 0 Å². The molecule has 3 rings (SSSR count). The van der Waals surface area contributed by atoms with Gasteiger partial charge in [-0.2, -0.15) is 0 Å². The van der Waals surface area contributed by atoms with Crippen LogP contribution in [0.2, 0.25) is 0 Å². The Morgan fingerprint density at radius 1 is 1.07 bits per heavy atom. The first-order chi connectivity index (χ1) is 13.5. The average molecular weight is 381 g/mol. The Bertz CT molecular complexity index is 839. The molecular formula is C21H27N5O2. The van der Waals surface area contributed by atoms with Crippen LogP contribution < -0.4 is 5.32 Å². The number of rotatable bonds is 1. The summed E-state index contributed by atoms with van der Waals surface area (Å²) < 4.78 is 0. The molecule has 0 aliphatic carbocycles. The van der Waals surface area contributed by atoms with Crippen molar-refractivity contribution in [2.75, 3.05) is 38.5 Å². The van der Waals surface area contributed by atoms with Crippen LogP contribution in [0.25, 0.3) is 0 Å². The SMILES string of the molecule is Cc1cccc(C(=O)N2CCCCc3cccc(n3)NCCN(C)C(=O)C2)n1. The maximum atomic E-state index is 13.0. The minimum Gasteiger partial charge on any atom is -0.368 e. The lowest BCUT2D eigenvalue weighted by atomic mass is 10.1. The van der Waals surface area contributed by atoms with Gasteiger partial charge in [0, 0.05) is 38.1 Å². The molecule has 0 saturated heterocycles. The summed E-state index contributed by atoms with van der Waals surface area (Å²) in [5, 5.41) is 3.26. The smallest absolute Gasteiger partial charge is 0.272 e. The highest BCUT2D eigenvalue weighted by molar-refractivity contribution is 5.95. The third-order valence-electron chi connectivity index (χ3n) is 4.82. The van der Waals surface area contributed by atoms with Gasteiger partial charge in [-0.05, 0) is 50.5 Å². The number of aryl methyl sites for hydroxylation is 2. The van der Waals surface area contributed by atoms with Gasteiger partial charge in [0.25, 0.3) is 5.91 Å². The zero-order valence-electron chi connectivity index (χ0n) is 16.5. The van der Waals surface area contributed by atoms with Crippen molar-refractivity contribution in [1.29, 1.82) is 0 Å². The van der Waals surface area contributed by atoms with Gasteiger partial charge < -0.3 is 15.1 Å². The summed E-state index contributed by atoms with van der Waals surface area (Å²) in [6.07, 6.45) is 2.54. The first-order valence-electron chi connectivity index (χ1n) is 9.69. The van der Waals surface area contributed by atoms with Gasteiger partial charge in [-0.3, -0.25) is 9.59 Å². The number of anilines is 1. The Morgan fingerprint density at radius 3 is 2.71 bits per heavy atom. The minimum atomic E-state index is -0.198.